The van der Waals surface area contributed by atoms with Gasteiger partial charge in [0.05, 0.1) is 11.7 Å². The summed E-state index contributed by atoms with van der Waals surface area (Å²) < 4.78 is 0. The zero-order valence-corrected chi connectivity index (χ0v) is 17.6. The van der Waals surface area contributed by atoms with Crippen molar-refractivity contribution in [2.75, 3.05) is 0 Å². The summed E-state index contributed by atoms with van der Waals surface area (Å²) in [6.07, 6.45) is 5.52. The molecule has 0 saturated carbocycles. The number of H-pyrrole nitrogens is 1. The minimum absolute atomic E-state index is 0.852. The second-order valence-corrected chi connectivity index (χ2v) is 7.44. The van der Waals surface area contributed by atoms with Gasteiger partial charge in [-0.1, -0.05) is 67.6 Å². The molecule has 0 amide bonds. The third-order valence-electron chi connectivity index (χ3n) is 5.56. The van der Waals surface area contributed by atoms with Crippen LogP contribution in [0.25, 0.3) is 28.1 Å². The highest BCUT2D eigenvalue weighted by atomic mass is 16.4. The average molecular weight is 409 g/mol. The largest absolute Gasteiger partial charge is 0.478 e. The summed E-state index contributed by atoms with van der Waals surface area (Å²) in [7, 11) is 0. The third-order valence-corrected chi connectivity index (χ3v) is 5.56. The highest BCUT2D eigenvalue weighted by molar-refractivity contribution is 6.02. The lowest BCUT2D eigenvalue weighted by Crippen LogP contribution is -1.98. The van der Waals surface area contributed by atoms with E-state index in [9.17, 15) is 4.79 Å². The Hall–Kier alpha value is -3.92. The van der Waals surface area contributed by atoms with Gasteiger partial charge in [-0.2, -0.15) is 5.10 Å². The molecule has 0 aliphatic heterocycles. The van der Waals surface area contributed by atoms with Crippen molar-refractivity contribution < 1.29 is 9.90 Å². The number of aromatic nitrogens is 2. The number of nitrogens with one attached hydrogen (secondary N) is 1. The molecule has 3 aromatic carbocycles. The number of aryl methyl sites for hydroxylation is 1. The Morgan fingerprint density at radius 3 is 2.42 bits per heavy atom. The minimum atomic E-state index is -0.953. The normalized spacial score (nSPS) is 12.3. The molecule has 2 N–H and O–H groups in total. The van der Waals surface area contributed by atoms with Crippen LogP contribution >= 0.6 is 0 Å². The van der Waals surface area contributed by atoms with Crippen molar-refractivity contribution in [1.29, 1.82) is 0 Å². The smallest absolute Gasteiger partial charge is 0.328 e. The Morgan fingerprint density at radius 1 is 1.00 bits per heavy atom. The Labute approximate surface area is 181 Å². The fourth-order valence-electron chi connectivity index (χ4n) is 4.01. The van der Waals surface area contributed by atoms with Crippen LogP contribution in [0.5, 0.6) is 0 Å². The SMILES string of the molecule is CC/C(=C(/c1ccc(/C=C/C(=O)O)cc1)c1ccc2[nH]ncc2c1C)c1ccccc1. The molecule has 31 heavy (non-hydrogen) atoms. The zero-order chi connectivity index (χ0) is 21.8. The van der Waals surface area contributed by atoms with Crippen LogP contribution in [0.4, 0.5) is 0 Å². The monoisotopic (exact) mass is 408 g/mol. The predicted octanol–water partition coefficient (Wildman–Crippen LogP) is 6.34. The lowest BCUT2D eigenvalue weighted by atomic mass is 9.85. The van der Waals surface area contributed by atoms with Gasteiger partial charge < -0.3 is 5.11 Å². The van der Waals surface area contributed by atoms with Crippen LogP contribution in [0, 0.1) is 6.92 Å². The molecule has 0 aliphatic carbocycles. The lowest BCUT2D eigenvalue weighted by molar-refractivity contribution is -0.131. The molecule has 0 saturated heterocycles. The topological polar surface area (TPSA) is 66.0 Å². The average Bonchev–Trinajstić information content (AvgIpc) is 3.28. The van der Waals surface area contributed by atoms with E-state index in [1.807, 2.05) is 24.4 Å². The van der Waals surface area contributed by atoms with E-state index in [1.165, 1.54) is 27.8 Å². The van der Waals surface area contributed by atoms with Crippen LogP contribution in [0.2, 0.25) is 0 Å². The highest BCUT2D eigenvalue weighted by Gasteiger charge is 2.16. The van der Waals surface area contributed by atoms with E-state index in [4.69, 9.17) is 5.11 Å². The van der Waals surface area contributed by atoms with E-state index in [1.54, 1.807) is 6.08 Å². The first-order valence-electron chi connectivity index (χ1n) is 10.3. The van der Waals surface area contributed by atoms with Crippen molar-refractivity contribution >= 4 is 34.1 Å². The molecule has 4 heteroatoms. The van der Waals surface area contributed by atoms with Crippen molar-refractivity contribution in [3.63, 3.8) is 0 Å². The number of carbonyl (C=O) groups is 1. The van der Waals surface area contributed by atoms with Gasteiger partial charge in [-0.15, -0.1) is 0 Å². The van der Waals surface area contributed by atoms with Crippen molar-refractivity contribution in [2.45, 2.75) is 20.3 Å². The van der Waals surface area contributed by atoms with Gasteiger partial charge in [-0.25, -0.2) is 4.79 Å². The first-order chi connectivity index (χ1) is 15.1. The maximum atomic E-state index is 10.8. The van der Waals surface area contributed by atoms with E-state index >= 15 is 0 Å². The van der Waals surface area contributed by atoms with Crippen LogP contribution in [0.1, 0.15) is 41.2 Å². The van der Waals surface area contributed by atoms with Crippen LogP contribution in [0.15, 0.2) is 79.0 Å². The van der Waals surface area contributed by atoms with E-state index < -0.39 is 5.97 Å². The molecule has 4 rings (SSSR count). The maximum absolute atomic E-state index is 10.8. The minimum Gasteiger partial charge on any atom is -0.478 e. The van der Waals surface area contributed by atoms with E-state index in [-0.39, 0.29) is 0 Å². The van der Waals surface area contributed by atoms with Crippen LogP contribution < -0.4 is 0 Å². The maximum Gasteiger partial charge on any atom is 0.328 e. The van der Waals surface area contributed by atoms with Crippen molar-refractivity contribution in [3.05, 3.63) is 107 Å². The van der Waals surface area contributed by atoms with Crippen LogP contribution in [-0.4, -0.2) is 21.3 Å². The van der Waals surface area contributed by atoms with E-state index in [0.717, 1.165) is 34.5 Å². The molecule has 1 heterocycles. The van der Waals surface area contributed by atoms with Crippen molar-refractivity contribution in [3.8, 4) is 0 Å². The molecule has 154 valence electrons. The summed E-state index contributed by atoms with van der Waals surface area (Å²) in [6, 6.07) is 22.7. The summed E-state index contributed by atoms with van der Waals surface area (Å²) in [4.78, 5) is 10.8. The molecule has 4 aromatic rings. The molecular weight excluding hydrogens is 384 g/mol. The van der Waals surface area contributed by atoms with Gasteiger partial charge in [-0.05, 0) is 64.5 Å². The lowest BCUT2D eigenvalue weighted by Gasteiger charge is -2.18. The van der Waals surface area contributed by atoms with Crippen molar-refractivity contribution in [1.82, 2.24) is 10.2 Å². The number of carboxylic acid groups (broad SMARTS) is 1. The summed E-state index contributed by atoms with van der Waals surface area (Å²) in [5, 5.41) is 17.3. The number of fused-ring (bicyclic) bond motifs is 1. The third kappa shape index (κ3) is 4.19. The Bertz CT molecular complexity index is 1280. The summed E-state index contributed by atoms with van der Waals surface area (Å²) in [5.41, 5.74) is 8.96. The Kier molecular flexibility index (Phi) is 5.80. The number of benzene rings is 3. The van der Waals surface area contributed by atoms with Gasteiger partial charge in [0.2, 0.25) is 0 Å². The van der Waals surface area contributed by atoms with Gasteiger partial charge in [-0.3, -0.25) is 5.10 Å². The molecule has 0 spiro atoms. The quantitative estimate of drug-likeness (QED) is 0.289. The molecule has 4 nitrogen and oxygen atoms in total. The number of hydrogen-bond acceptors (Lipinski definition) is 2. The highest BCUT2D eigenvalue weighted by Crippen LogP contribution is 2.37. The number of allylic oxidation sites excluding steroid dienone is 1. The summed E-state index contributed by atoms with van der Waals surface area (Å²) in [6.45, 7) is 4.31. The van der Waals surface area contributed by atoms with Gasteiger partial charge in [0, 0.05) is 11.5 Å². The van der Waals surface area contributed by atoms with Crippen LogP contribution in [0.3, 0.4) is 0 Å². The first-order valence-corrected chi connectivity index (χ1v) is 10.3. The Morgan fingerprint density at radius 2 is 1.74 bits per heavy atom. The number of aliphatic carboxylic acids is 1. The summed E-state index contributed by atoms with van der Waals surface area (Å²) in [5.74, 6) is -0.953. The van der Waals surface area contributed by atoms with Gasteiger partial charge in [0.15, 0.2) is 0 Å². The molecule has 0 fully saturated rings. The fraction of sp³-hybridized carbons (Fsp3) is 0.111. The van der Waals surface area contributed by atoms with Crippen molar-refractivity contribution in [2.24, 2.45) is 0 Å². The number of rotatable bonds is 6. The predicted molar refractivity (Wildman–Crippen MR) is 127 cm³/mol. The number of carboxylic acids is 1. The molecule has 0 bridgehead atoms. The molecule has 0 atom stereocenters. The van der Waals surface area contributed by atoms with Gasteiger partial charge >= 0.3 is 5.97 Å². The molecule has 0 aliphatic rings. The van der Waals surface area contributed by atoms with Crippen LogP contribution in [-0.2, 0) is 4.79 Å². The number of nitrogens with zero attached hydrogens (tertiary/aromatic N) is 1. The molecule has 0 unspecified atom stereocenters. The second kappa shape index (κ2) is 8.84. The fourth-order valence-corrected chi connectivity index (χ4v) is 4.01. The second-order valence-electron chi connectivity index (χ2n) is 7.44. The summed E-state index contributed by atoms with van der Waals surface area (Å²) >= 11 is 0. The van der Waals surface area contributed by atoms with E-state index in [2.05, 4.69) is 72.6 Å². The standard InChI is InChI=1S/C27H24N2O2/c1-3-22(20-7-5-4-6-8-20)27(21-12-9-19(10-13-21)11-16-26(30)31)23-14-15-25-24(18(23)2)17-28-29-25/h4-17H,3H2,1-2H3,(H,28,29)(H,30,31)/b16-11+,27-22+. The zero-order valence-electron chi connectivity index (χ0n) is 17.6. The Balaban J connectivity index is 1.94. The first kappa shape index (κ1) is 20.4. The molecule has 0 radical (unpaired) electrons. The molecular formula is C27H24N2O2. The van der Waals surface area contributed by atoms with E-state index in [0.29, 0.717) is 0 Å². The number of aromatic amines is 1. The molecule has 1 aromatic heterocycles. The number of hydrogen-bond donors (Lipinski definition) is 2. The van der Waals surface area contributed by atoms with Gasteiger partial charge in [0.25, 0.3) is 0 Å². The van der Waals surface area contributed by atoms with Gasteiger partial charge in [0.1, 0.15) is 0 Å².